The lowest BCUT2D eigenvalue weighted by Crippen LogP contribution is -1.84. The highest BCUT2D eigenvalue weighted by Gasteiger charge is 2.00. The highest BCUT2D eigenvalue weighted by molar-refractivity contribution is 6.30. The normalized spacial score (nSPS) is 10.7. The van der Waals surface area contributed by atoms with Crippen LogP contribution in [-0.2, 0) is 0 Å². The van der Waals surface area contributed by atoms with Crippen LogP contribution < -0.4 is 0 Å². The molecule has 1 heterocycles. The molecule has 0 bridgehead atoms. The Morgan fingerprint density at radius 2 is 2.08 bits per heavy atom. The zero-order chi connectivity index (χ0) is 9.42. The third-order valence-corrected chi connectivity index (χ3v) is 2.32. The van der Waals surface area contributed by atoms with Crippen molar-refractivity contribution in [1.82, 2.24) is 4.98 Å². The Kier molecular flexibility index (Phi) is 1.97. The molecule has 0 amide bonds. The summed E-state index contributed by atoms with van der Waals surface area (Å²) in [6.07, 6.45) is 0. The van der Waals surface area contributed by atoms with Crippen molar-refractivity contribution in [2.24, 2.45) is 0 Å². The third-order valence-electron chi connectivity index (χ3n) is 2.00. The number of fused-ring (bicyclic) bond motifs is 1. The minimum Gasteiger partial charge on any atom is -0.236 e. The van der Waals surface area contributed by atoms with E-state index in [9.17, 15) is 0 Å². The molecule has 2 rings (SSSR count). The van der Waals surface area contributed by atoms with Crippen LogP contribution in [0.25, 0.3) is 10.9 Å². The van der Waals surface area contributed by atoms with Crippen molar-refractivity contribution in [2.45, 2.75) is 6.92 Å². The maximum atomic E-state index is 5.85. The summed E-state index contributed by atoms with van der Waals surface area (Å²) < 4.78 is 0. The van der Waals surface area contributed by atoms with E-state index in [1.54, 1.807) is 0 Å². The Balaban J connectivity index is 2.81. The van der Waals surface area contributed by atoms with Crippen molar-refractivity contribution in [1.29, 1.82) is 0 Å². The van der Waals surface area contributed by atoms with E-state index in [1.165, 1.54) is 5.56 Å². The van der Waals surface area contributed by atoms with Crippen LogP contribution in [-0.4, -0.2) is 4.98 Å². The molecule has 1 nitrogen and oxygen atoms in total. The topological polar surface area (TPSA) is 12.9 Å². The van der Waals surface area contributed by atoms with Gasteiger partial charge in [0.15, 0.2) is 0 Å². The number of benzene rings is 1. The minimum atomic E-state index is 0.483. The second-order valence-electron chi connectivity index (χ2n) is 3.13. The number of halogens is 1. The fourth-order valence-corrected chi connectivity index (χ4v) is 1.46. The molecule has 0 fully saturated rings. The first-order valence-corrected chi connectivity index (χ1v) is 4.43. The first-order valence-electron chi connectivity index (χ1n) is 4.06. The van der Waals surface area contributed by atoms with E-state index in [2.05, 4.69) is 24.9 Å². The van der Waals surface area contributed by atoms with Gasteiger partial charge in [0.05, 0.1) is 5.52 Å². The van der Waals surface area contributed by atoms with E-state index < -0.39 is 0 Å². The van der Waals surface area contributed by atoms with Crippen molar-refractivity contribution < 1.29 is 0 Å². The molecule has 0 unspecified atom stereocenters. The summed E-state index contributed by atoms with van der Waals surface area (Å²) in [5.74, 6) is 0. The van der Waals surface area contributed by atoms with Crippen LogP contribution in [0.2, 0.25) is 5.15 Å². The minimum absolute atomic E-state index is 0.483. The summed E-state index contributed by atoms with van der Waals surface area (Å²) in [5, 5.41) is 1.57. The maximum Gasteiger partial charge on any atom is 0.132 e. The second kappa shape index (κ2) is 3.00. The number of hydrogen-bond donors (Lipinski definition) is 0. The molecule has 1 aromatic heterocycles. The van der Waals surface area contributed by atoms with Crippen LogP contribution in [0.15, 0.2) is 24.3 Å². The number of nitrogens with zero attached hydrogens (tertiary/aromatic N) is 1. The predicted molar refractivity (Wildman–Crippen MR) is 55.9 cm³/mol. The average Bonchev–Trinajstić information content (AvgIpc) is 2.08. The molecule has 0 aliphatic carbocycles. The van der Waals surface area contributed by atoms with Gasteiger partial charge in [-0.05, 0) is 37.6 Å². The van der Waals surface area contributed by atoms with E-state index >= 15 is 0 Å². The Labute approximate surface area is 82.4 Å². The van der Waals surface area contributed by atoms with Crippen LogP contribution in [0.4, 0.5) is 0 Å². The Bertz CT molecular complexity index is 463. The molecule has 0 N–H and O–H groups in total. The highest BCUT2D eigenvalue weighted by Crippen LogP contribution is 2.20. The summed E-state index contributed by atoms with van der Waals surface area (Å²) in [7, 11) is 0. The summed E-state index contributed by atoms with van der Waals surface area (Å²) in [4.78, 5) is 4.22. The van der Waals surface area contributed by atoms with Crippen molar-refractivity contribution in [3.8, 4) is 0 Å². The van der Waals surface area contributed by atoms with Crippen LogP contribution >= 0.6 is 11.6 Å². The fourth-order valence-electron chi connectivity index (χ4n) is 1.32. The number of pyridine rings is 1. The molecule has 0 aliphatic heterocycles. The summed E-state index contributed by atoms with van der Waals surface area (Å²) in [6.45, 7) is 5.86. The van der Waals surface area contributed by atoms with Crippen molar-refractivity contribution in [2.75, 3.05) is 0 Å². The summed E-state index contributed by atoms with van der Waals surface area (Å²) in [6, 6.07) is 8.02. The van der Waals surface area contributed by atoms with E-state index in [0.29, 0.717) is 5.15 Å². The maximum absolute atomic E-state index is 5.85. The summed E-state index contributed by atoms with van der Waals surface area (Å²) >= 11 is 5.85. The van der Waals surface area contributed by atoms with E-state index in [0.717, 1.165) is 16.5 Å². The van der Waals surface area contributed by atoms with Gasteiger partial charge in [-0.3, -0.25) is 0 Å². The standard InChI is InChI=1S/C11H9ClN/c1-7-3-4-10-9(5-7)6-8(2)11(12)13-10/h3-6H,2H2,1H3. The first kappa shape index (κ1) is 8.52. The predicted octanol–water partition coefficient (Wildman–Crippen LogP) is 3.38. The molecule has 1 radical (unpaired) electrons. The summed E-state index contributed by atoms with van der Waals surface area (Å²) in [5.41, 5.74) is 2.92. The van der Waals surface area contributed by atoms with Gasteiger partial charge in [-0.15, -0.1) is 0 Å². The Morgan fingerprint density at radius 3 is 2.85 bits per heavy atom. The lowest BCUT2D eigenvalue weighted by Gasteiger charge is -2.01. The van der Waals surface area contributed by atoms with Crippen LogP contribution in [0.5, 0.6) is 0 Å². The molecule has 65 valence electrons. The van der Waals surface area contributed by atoms with Crippen molar-refractivity contribution in [3.05, 3.63) is 47.5 Å². The molecule has 0 spiro atoms. The molecular formula is C11H9ClN. The SMILES string of the molecule is [CH2]c1cc2cc(C)ccc2nc1Cl. The number of hydrogen-bond acceptors (Lipinski definition) is 1. The smallest absolute Gasteiger partial charge is 0.132 e. The molecule has 1 aromatic carbocycles. The largest absolute Gasteiger partial charge is 0.236 e. The van der Waals surface area contributed by atoms with Gasteiger partial charge in [-0.2, -0.15) is 0 Å². The van der Waals surface area contributed by atoms with Gasteiger partial charge in [-0.1, -0.05) is 23.2 Å². The second-order valence-corrected chi connectivity index (χ2v) is 3.49. The van der Waals surface area contributed by atoms with Crippen molar-refractivity contribution >= 4 is 22.5 Å². The monoisotopic (exact) mass is 190 g/mol. The number of aryl methyl sites for hydroxylation is 1. The van der Waals surface area contributed by atoms with E-state index in [-0.39, 0.29) is 0 Å². The van der Waals surface area contributed by atoms with E-state index in [4.69, 9.17) is 11.6 Å². The molecular weight excluding hydrogens is 182 g/mol. The van der Waals surface area contributed by atoms with Crippen LogP contribution in [0.3, 0.4) is 0 Å². The van der Waals surface area contributed by atoms with E-state index in [1.807, 2.05) is 18.2 Å². The molecule has 0 saturated heterocycles. The third kappa shape index (κ3) is 1.52. The molecule has 0 aliphatic rings. The zero-order valence-corrected chi connectivity index (χ0v) is 8.10. The van der Waals surface area contributed by atoms with Gasteiger partial charge in [0.25, 0.3) is 0 Å². The lowest BCUT2D eigenvalue weighted by molar-refractivity contribution is 1.37. The van der Waals surface area contributed by atoms with Crippen molar-refractivity contribution in [3.63, 3.8) is 0 Å². The van der Waals surface area contributed by atoms with Gasteiger partial charge in [-0.25, -0.2) is 4.98 Å². The quantitative estimate of drug-likeness (QED) is 0.581. The molecule has 0 saturated carbocycles. The van der Waals surface area contributed by atoms with Gasteiger partial charge in [0, 0.05) is 5.39 Å². The van der Waals surface area contributed by atoms with Gasteiger partial charge >= 0.3 is 0 Å². The first-order chi connectivity index (χ1) is 6.16. The lowest BCUT2D eigenvalue weighted by atomic mass is 10.1. The van der Waals surface area contributed by atoms with Gasteiger partial charge < -0.3 is 0 Å². The van der Waals surface area contributed by atoms with Gasteiger partial charge in [0.1, 0.15) is 5.15 Å². The highest BCUT2D eigenvalue weighted by atomic mass is 35.5. The van der Waals surface area contributed by atoms with Gasteiger partial charge in [0.2, 0.25) is 0 Å². The Hall–Kier alpha value is -1.08. The van der Waals surface area contributed by atoms with Crippen LogP contribution in [0.1, 0.15) is 11.1 Å². The molecule has 0 atom stereocenters. The Morgan fingerprint density at radius 1 is 1.31 bits per heavy atom. The average molecular weight is 191 g/mol. The molecule has 2 heteroatoms. The zero-order valence-electron chi connectivity index (χ0n) is 7.34. The van der Waals surface area contributed by atoms with Crippen LogP contribution in [0, 0.1) is 13.8 Å². The number of rotatable bonds is 0. The molecule has 13 heavy (non-hydrogen) atoms. The number of aromatic nitrogens is 1. The molecule has 2 aromatic rings. The fraction of sp³-hybridized carbons (Fsp3) is 0.0909.